The molecular weight excluding hydrogens is 387 g/mol. The van der Waals surface area contributed by atoms with Gasteiger partial charge in [-0.2, -0.15) is 13.2 Å². The molecule has 28 heavy (non-hydrogen) atoms. The lowest BCUT2D eigenvalue weighted by Gasteiger charge is -2.11. The Morgan fingerprint density at radius 1 is 1.25 bits per heavy atom. The van der Waals surface area contributed by atoms with E-state index in [0.29, 0.717) is 5.82 Å². The van der Waals surface area contributed by atoms with Crippen LogP contribution in [0, 0.1) is 0 Å². The Labute approximate surface area is 155 Å². The molecule has 150 valence electrons. The van der Waals surface area contributed by atoms with Crippen molar-refractivity contribution in [3.63, 3.8) is 0 Å². The minimum atomic E-state index is -5.19. The van der Waals surface area contributed by atoms with Crippen LogP contribution in [0.3, 0.4) is 0 Å². The van der Waals surface area contributed by atoms with Crippen LogP contribution >= 0.6 is 0 Å². The smallest absolute Gasteiger partial charge is 0.430 e. The van der Waals surface area contributed by atoms with E-state index in [0.717, 1.165) is 10.5 Å². The highest BCUT2D eigenvalue weighted by Crippen LogP contribution is 2.11. The van der Waals surface area contributed by atoms with E-state index in [1.807, 2.05) is 0 Å². The van der Waals surface area contributed by atoms with Crippen molar-refractivity contribution in [2.45, 2.75) is 12.7 Å². The molecule has 2 heterocycles. The molecule has 2 aromatic heterocycles. The number of halogens is 3. The lowest BCUT2D eigenvalue weighted by Crippen LogP contribution is -2.46. The Morgan fingerprint density at radius 2 is 1.82 bits per heavy atom. The van der Waals surface area contributed by atoms with Crippen LogP contribution in [-0.2, 0) is 20.9 Å². The maximum atomic E-state index is 11.8. The van der Waals surface area contributed by atoms with Crippen molar-refractivity contribution in [2.24, 2.45) is 0 Å². The van der Waals surface area contributed by atoms with Crippen LogP contribution in [0.5, 0.6) is 0 Å². The van der Waals surface area contributed by atoms with Gasteiger partial charge < -0.3 is 19.9 Å². The Bertz CT molecular complexity index is 815. The van der Waals surface area contributed by atoms with Crippen molar-refractivity contribution < 1.29 is 42.4 Å². The van der Waals surface area contributed by atoms with Gasteiger partial charge in [0.05, 0.1) is 0 Å². The summed E-state index contributed by atoms with van der Waals surface area (Å²) in [6.45, 7) is -0.366. The summed E-state index contributed by atoms with van der Waals surface area (Å²) < 4.78 is 33.0. The third-order valence-corrected chi connectivity index (χ3v) is 2.92. The Hall–Kier alpha value is -3.64. The van der Waals surface area contributed by atoms with Crippen molar-refractivity contribution in [3.05, 3.63) is 36.9 Å². The number of carboxylic acids is 2. The zero-order valence-electron chi connectivity index (χ0n) is 14.3. The first-order valence-electron chi connectivity index (χ1n) is 7.37. The molecule has 0 unspecified atom stereocenters. The summed E-state index contributed by atoms with van der Waals surface area (Å²) in [6.07, 6.45) is 1.25. The van der Waals surface area contributed by atoms with Crippen molar-refractivity contribution in [3.8, 4) is 11.4 Å². The van der Waals surface area contributed by atoms with Crippen LogP contribution < -0.4 is 9.79 Å². The number of hydrogen-bond acceptors (Lipinski definition) is 7. The van der Waals surface area contributed by atoms with Crippen molar-refractivity contribution in [1.29, 1.82) is 0 Å². The zero-order chi connectivity index (χ0) is 21.3. The molecule has 0 aliphatic heterocycles. The van der Waals surface area contributed by atoms with E-state index < -0.39 is 18.1 Å². The van der Waals surface area contributed by atoms with Crippen molar-refractivity contribution in [1.82, 2.24) is 20.0 Å². The third-order valence-electron chi connectivity index (χ3n) is 2.92. The molecule has 0 spiro atoms. The fraction of sp³-hybridized carbons (Fsp3) is 0.267. The molecule has 10 nitrogen and oxygen atoms in total. The summed E-state index contributed by atoms with van der Waals surface area (Å²) >= 11 is 0. The van der Waals surface area contributed by atoms with Gasteiger partial charge in [-0.1, -0.05) is 4.68 Å². The quantitative estimate of drug-likeness (QED) is 0.608. The van der Waals surface area contributed by atoms with Gasteiger partial charge >= 0.3 is 12.1 Å². The number of likely N-dealkylation sites (N-methyl/N-ethyl adjacent to an activating group) is 1. The minimum absolute atomic E-state index is 0.0281. The van der Waals surface area contributed by atoms with Gasteiger partial charge in [-0.05, 0) is 11.2 Å². The normalized spacial score (nSPS) is 10.4. The van der Waals surface area contributed by atoms with E-state index in [2.05, 4.69) is 15.1 Å². The van der Waals surface area contributed by atoms with Crippen LogP contribution in [0.1, 0.15) is 0 Å². The first kappa shape index (κ1) is 22.4. The second-order valence-electron chi connectivity index (χ2n) is 5.11. The number of amides is 1. The summed E-state index contributed by atoms with van der Waals surface area (Å²) in [6, 6.07) is 3.46. The van der Waals surface area contributed by atoms with E-state index in [4.69, 9.17) is 15.0 Å². The maximum Gasteiger partial charge on any atom is 0.430 e. The number of aromatic nitrogens is 4. The topological polar surface area (TPSA) is 140 Å². The number of nitrogens with zero attached hydrogens (tertiary/aromatic N) is 5. The Kier molecular flexibility index (Phi) is 7.91. The minimum Gasteiger partial charge on any atom is -0.542 e. The molecule has 0 saturated carbocycles. The molecule has 2 aromatic rings. The molecule has 1 amide bonds. The molecule has 0 aliphatic carbocycles. The predicted molar refractivity (Wildman–Crippen MR) is 81.8 cm³/mol. The molecular formula is C15H14F3N5O5. The lowest BCUT2D eigenvalue weighted by molar-refractivity contribution is -0.742. The van der Waals surface area contributed by atoms with E-state index in [9.17, 15) is 22.8 Å². The lowest BCUT2D eigenvalue weighted by atomic mass is 10.3. The van der Waals surface area contributed by atoms with E-state index >= 15 is 0 Å². The summed E-state index contributed by atoms with van der Waals surface area (Å²) in [4.78, 5) is 40.4. The summed E-state index contributed by atoms with van der Waals surface area (Å²) in [5.74, 6) is -3.85. The predicted octanol–water partition coefficient (Wildman–Crippen LogP) is -1.33. The molecule has 0 atom stereocenters. The fourth-order valence-electron chi connectivity index (χ4n) is 1.61. The zero-order valence-corrected chi connectivity index (χ0v) is 14.3. The Morgan fingerprint density at radius 3 is 2.25 bits per heavy atom. The van der Waals surface area contributed by atoms with Crippen molar-refractivity contribution in [2.75, 3.05) is 13.6 Å². The Balaban J connectivity index is 0.000000480. The molecule has 0 radical (unpaired) electrons. The van der Waals surface area contributed by atoms with Gasteiger partial charge in [-0.3, -0.25) is 9.59 Å². The number of alkyl halides is 3. The number of hydrogen-bond donors (Lipinski definition) is 1. The summed E-state index contributed by atoms with van der Waals surface area (Å²) in [5.41, 5.74) is 0.734. The first-order chi connectivity index (χ1) is 13.0. The van der Waals surface area contributed by atoms with E-state index in [-0.39, 0.29) is 19.0 Å². The van der Waals surface area contributed by atoms with Gasteiger partial charge in [0.1, 0.15) is 18.7 Å². The van der Waals surface area contributed by atoms with Crippen LogP contribution in [0.25, 0.3) is 11.4 Å². The van der Waals surface area contributed by atoms with Crippen LogP contribution in [-0.4, -0.2) is 62.7 Å². The monoisotopic (exact) mass is 401 g/mol. The number of aliphatic carboxylic acids is 2. The number of rotatable bonds is 5. The average Bonchev–Trinajstić information content (AvgIpc) is 2.62. The van der Waals surface area contributed by atoms with Gasteiger partial charge in [0.25, 0.3) is 12.5 Å². The first-order valence-corrected chi connectivity index (χ1v) is 7.37. The van der Waals surface area contributed by atoms with Crippen LogP contribution in [0.2, 0.25) is 0 Å². The average molecular weight is 401 g/mol. The maximum absolute atomic E-state index is 11.8. The summed E-state index contributed by atoms with van der Waals surface area (Å²) in [5, 5.41) is 21.5. The molecule has 0 saturated heterocycles. The third kappa shape index (κ3) is 7.72. The number of carbonyl (C=O) groups is 3. The van der Waals surface area contributed by atoms with Crippen LogP contribution in [0.15, 0.2) is 36.9 Å². The molecule has 0 aromatic carbocycles. The van der Waals surface area contributed by atoms with Gasteiger partial charge in [-0.25, -0.2) is 9.97 Å². The van der Waals surface area contributed by atoms with Gasteiger partial charge in [0.15, 0.2) is 12.0 Å². The molecule has 0 fully saturated rings. The van der Waals surface area contributed by atoms with E-state index in [1.54, 1.807) is 36.9 Å². The van der Waals surface area contributed by atoms with E-state index in [1.165, 1.54) is 11.7 Å². The highest BCUT2D eigenvalue weighted by atomic mass is 19.4. The molecule has 1 N–H and O–H groups in total. The molecule has 0 bridgehead atoms. The second kappa shape index (κ2) is 9.89. The molecule has 2 rings (SSSR count). The SMILES string of the molecule is CN(CC(=O)O)C(=O)C[n+]1ccc(-c2ncccn2)cn1.O=C([O-])C(F)(F)F. The largest absolute Gasteiger partial charge is 0.542 e. The van der Waals surface area contributed by atoms with Crippen LogP contribution in [0.4, 0.5) is 13.2 Å². The highest BCUT2D eigenvalue weighted by Gasteiger charge is 2.28. The number of carboxylic acid groups (broad SMARTS) is 2. The van der Waals surface area contributed by atoms with Gasteiger partial charge in [0, 0.05) is 31.1 Å². The van der Waals surface area contributed by atoms with Gasteiger partial charge in [0.2, 0.25) is 0 Å². The number of carbonyl (C=O) groups excluding carboxylic acids is 2. The summed E-state index contributed by atoms with van der Waals surface area (Å²) in [7, 11) is 1.43. The molecule has 13 heteroatoms. The standard InChI is InChI=1S/C13H13N5O3.C2HF3O2/c1-17(9-12(20)21)11(19)8-18-6-3-10(7-16-18)13-14-4-2-5-15-13;3-2(4,5)1(6)7/h2-7H,8-9H2,1H3;(H,6,7). The van der Waals surface area contributed by atoms with Crippen molar-refractivity contribution >= 4 is 17.8 Å². The second-order valence-corrected chi connectivity index (χ2v) is 5.11. The highest BCUT2D eigenvalue weighted by molar-refractivity contribution is 5.80. The van der Waals surface area contributed by atoms with Gasteiger partial charge in [-0.15, -0.1) is 0 Å². The molecule has 0 aliphatic rings. The fourth-order valence-corrected chi connectivity index (χ4v) is 1.61.